The molecule has 0 heterocycles. The molecular formula is C18H21ClN2O3S2. The van der Waals surface area contributed by atoms with Crippen LogP contribution in [0.2, 0.25) is 5.02 Å². The van der Waals surface area contributed by atoms with Crippen molar-refractivity contribution >= 4 is 45.0 Å². The molecule has 0 aliphatic carbocycles. The lowest BCUT2D eigenvalue weighted by atomic mass is 10.2. The maximum Gasteiger partial charge on any atom is 0.240 e. The molecular weight excluding hydrogens is 392 g/mol. The summed E-state index contributed by atoms with van der Waals surface area (Å²) in [5.41, 5.74) is 1.17. The molecule has 2 N–H and O–H groups in total. The van der Waals surface area contributed by atoms with Crippen molar-refractivity contribution in [2.24, 2.45) is 5.92 Å². The normalized spacial score (nSPS) is 11.6. The van der Waals surface area contributed by atoms with Crippen molar-refractivity contribution in [3.8, 4) is 0 Å². The van der Waals surface area contributed by atoms with Crippen molar-refractivity contribution < 1.29 is 13.2 Å². The van der Waals surface area contributed by atoms with Crippen LogP contribution >= 0.6 is 23.4 Å². The van der Waals surface area contributed by atoms with Crippen LogP contribution in [-0.2, 0) is 21.4 Å². The van der Waals surface area contributed by atoms with E-state index in [4.69, 9.17) is 11.6 Å². The lowest BCUT2D eigenvalue weighted by Gasteiger charge is -2.14. The molecule has 1 amide bonds. The molecule has 0 bridgehead atoms. The van der Waals surface area contributed by atoms with E-state index in [1.807, 2.05) is 6.26 Å². The van der Waals surface area contributed by atoms with Gasteiger partial charge in [-0.3, -0.25) is 4.79 Å². The quantitative estimate of drug-likeness (QED) is 0.670. The van der Waals surface area contributed by atoms with E-state index >= 15 is 0 Å². The summed E-state index contributed by atoms with van der Waals surface area (Å²) in [5, 5.41) is 3.28. The summed E-state index contributed by atoms with van der Waals surface area (Å²) >= 11 is 7.50. The molecule has 26 heavy (non-hydrogen) atoms. The summed E-state index contributed by atoms with van der Waals surface area (Å²) in [6, 6.07) is 11.7. The Morgan fingerprint density at radius 2 is 1.88 bits per heavy atom. The minimum Gasteiger partial charge on any atom is -0.325 e. The number of halogens is 1. The van der Waals surface area contributed by atoms with Crippen molar-refractivity contribution in [2.45, 2.75) is 30.2 Å². The second kappa shape index (κ2) is 8.90. The van der Waals surface area contributed by atoms with Gasteiger partial charge in [0.2, 0.25) is 15.9 Å². The first-order valence-electron chi connectivity index (χ1n) is 7.96. The number of nitrogens with one attached hydrogen (secondary N) is 2. The molecule has 8 heteroatoms. The number of carbonyl (C=O) groups excluding carboxylic acids is 1. The maximum atomic E-state index is 12.6. The van der Waals surface area contributed by atoms with E-state index in [1.165, 1.54) is 23.9 Å². The van der Waals surface area contributed by atoms with Crippen molar-refractivity contribution in [1.29, 1.82) is 0 Å². The molecule has 2 aromatic carbocycles. The van der Waals surface area contributed by atoms with Gasteiger partial charge in [-0.25, -0.2) is 13.1 Å². The van der Waals surface area contributed by atoms with Crippen LogP contribution in [0, 0.1) is 5.92 Å². The number of hydrogen-bond acceptors (Lipinski definition) is 4. The van der Waals surface area contributed by atoms with E-state index in [2.05, 4.69) is 10.0 Å². The largest absolute Gasteiger partial charge is 0.325 e. The van der Waals surface area contributed by atoms with Gasteiger partial charge < -0.3 is 5.32 Å². The Morgan fingerprint density at radius 1 is 1.19 bits per heavy atom. The molecule has 0 atom stereocenters. The highest BCUT2D eigenvalue weighted by atomic mass is 35.5. The Kier molecular flexibility index (Phi) is 7.11. The molecule has 0 aromatic heterocycles. The number of hydrogen-bond donors (Lipinski definition) is 2. The number of amides is 1. The lowest BCUT2D eigenvalue weighted by Crippen LogP contribution is -2.24. The van der Waals surface area contributed by atoms with Gasteiger partial charge in [0.15, 0.2) is 0 Å². The van der Waals surface area contributed by atoms with Gasteiger partial charge in [0.25, 0.3) is 0 Å². The van der Waals surface area contributed by atoms with Crippen molar-refractivity contribution in [2.75, 3.05) is 11.6 Å². The van der Waals surface area contributed by atoms with Gasteiger partial charge in [-0.05, 0) is 36.1 Å². The fourth-order valence-corrected chi connectivity index (χ4v) is 3.90. The second-order valence-corrected chi connectivity index (χ2v) is 8.94. The van der Waals surface area contributed by atoms with Crippen LogP contribution in [0.1, 0.15) is 19.4 Å². The summed E-state index contributed by atoms with van der Waals surface area (Å²) in [4.78, 5) is 12.9. The Morgan fingerprint density at radius 3 is 2.50 bits per heavy atom. The van der Waals surface area contributed by atoms with Crippen LogP contribution in [0.15, 0.2) is 52.3 Å². The van der Waals surface area contributed by atoms with Crippen LogP contribution in [0.4, 0.5) is 5.69 Å². The van der Waals surface area contributed by atoms with E-state index in [0.29, 0.717) is 16.3 Å². The van der Waals surface area contributed by atoms with E-state index in [1.54, 1.807) is 44.2 Å². The fraction of sp³-hybridized carbons (Fsp3) is 0.278. The van der Waals surface area contributed by atoms with E-state index in [9.17, 15) is 13.2 Å². The maximum absolute atomic E-state index is 12.6. The molecule has 2 rings (SSSR count). The van der Waals surface area contributed by atoms with Gasteiger partial charge in [-0.15, -0.1) is 11.8 Å². The number of rotatable bonds is 7. The molecule has 0 saturated carbocycles. The average Bonchev–Trinajstić information content (AvgIpc) is 2.60. The average molecular weight is 413 g/mol. The molecule has 140 valence electrons. The monoisotopic (exact) mass is 412 g/mol. The van der Waals surface area contributed by atoms with Crippen LogP contribution in [0.5, 0.6) is 0 Å². The highest BCUT2D eigenvalue weighted by molar-refractivity contribution is 7.98. The highest BCUT2D eigenvalue weighted by Gasteiger charge is 2.18. The third-order valence-corrected chi connectivity index (χ3v) is 6.24. The minimum atomic E-state index is -3.75. The first-order chi connectivity index (χ1) is 12.2. The van der Waals surface area contributed by atoms with Gasteiger partial charge in [0.1, 0.15) is 0 Å². The molecule has 0 saturated heterocycles. The Hall–Kier alpha value is -1.54. The molecule has 0 aliphatic heterocycles. The van der Waals surface area contributed by atoms with Crippen LogP contribution in [-0.4, -0.2) is 20.6 Å². The molecule has 2 aromatic rings. The summed E-state index contributed by atoms with van der Waals surface area (Å²) in [6.45, 7) is 3.64. The first-order valence-corrected chi connectivity index (χ1v) is 11.0. The number of thioether (sulfide) groups is 1. The second-order valence-electron chi connectivity index (χ2n) is 5.92. The summed E-state index contributed by atoms with van der Waals surface area (Å²) in [5.74, 6) is -0.373. The zero-order valence-electron chi connectivity index (χ0n) is 14.7. The standard InChI is InChI=1S/C18H21ClN2O3S2/c1-12(2)18(22)21-16-10-14(8-9-17(16)25-3)26(23,24)20-11-13-6-4-5-7-15(13)19/h4-10,12,20H,11H2,1-3H3,(H,21,22). The Labute approximate surface area is 163 Å². The van der Waals surface area contributed by atoms with Gasteiger partial charge in [0, 0.05) is 22.4 Å². The predicted molar refractivity (Wildman–Crippen MR) is 107 cm³/mol. The van der Waals surface area contributed by atoms with Crippen LogP contribution in [0.25, 0.3) is 0 Å². The summed E-state index contributed by atoms with van der Waals surface area (Å²) in [6.07, 6.45) is 1.87. The highest BCUT2D eigenvalue weighted by Crippen LogP contribution is 2.28. The SMILES string of the molecule is CSc1ccc(S(=O)(=O)NCc2ccccc2Cl)cc1NC(=O)C(C)C. The van der Waals surface area contributed by atoms with Gasteiger partial charge in [-0.1, -0.05) is 43.6 Å². The molecule has 0 aliphatic rings. The van der Waals surface area contributed by atoms with Gasteiger partial charge in [-0.2, -0.15) is 0 Å². The van der Waals surface area contributed by atoms with Crippen LogP contribution in [0.3, 0.4) is 0 Å². The molecule has 0 spiro atoms. The van der Waals surface area contributed by atoms with Crippen LogP contribution < -0.4 is 10.0 Å². The van der Waals surface area contributed by atoms with E-state index in [0.717, 1.165) is 4.90 Å². The minimum absolute atomic E-state index is 0.0833. The number of carbonyl (C=O) groups is 1. The predicted octanol–water partition coefficient (Wildman–Crippen LogP) is 4.13. The third-order valence-electron chi connectivity index (χ3n) is 3.67. The smallest absolute Gasteiger partial charge is 0.240 e. The van der Waals surface area contributed by atoms with Gasteiger partial charge >= 0.3 is 0 Å². The number of benzene rings is 2. The molecule has 0 radical (unpaired) electrons. The Balaban J connectivity index is 2.25. The topological polar surface area (TPSA) is 75.3 Å². The molecule has 0 unspecified atom stereocenters. The number of anilines is 1. The zero-order chi connectivity index (χ0) is 19.3. The molecule has 0 fully saturated rings. The number of sulfonamides is 1. The van der Waals surface area contributed by atoms with Crippen molar-refractivity contribution in [3.05, 3.63) is 53.1 Å². The summed E-state index contributed by atoms with van der Waals surface area (Å²) in [7, 11) is -3.75. The van der Waals surface area contributed by atoms with E-state index < -0.39 is 10.0 Å². The fourth-order valence-electron chi connectivity index (χ4n) is 2.13. The molecule has 5 nitrogen and oxygen atoms in total. The third kappa shape index (κ3) is 5.23. The summed E-state index contributed by atoms with van der Waals surface area (Å²) < 4.78 is 27.8. The van der Waals surface area contributed by atoms with Gasteiger partial charge in [0.05, 0.1) is 10.6 Å². The Bertz CT molecular complexity index is 899. The van der Waals surface area contributed by atoms with Crippen molar-refractivity contribution in [3.63, 3.8) is 0 Å². The lowest BCUT2D eigenvalue weighted by molar-refractivity contribution is -0.118. The van der Waals surface area contributed by atoms with Crippen molar-refractivity contribution in [1.82, 2.24) is 4.72 Å². The van der Waals surface area contributed by atoms with E-state index in [-0.39, 0.29) is 23.3 Å². The first kappa shape index (κ1) is 20.8. The zero-order valence-corrected chi connectivity index (χ0v) is 17.1.